The summed E-state index contributed by atoms with van der Waals surface area (Å²) in [6.07, 6.45) is 0.868. The van der Waals surface area contributed by atoms with Crippen LogP contribution in [0.1, 0.15) is 17.5 Å². The Morgan fingerprint density at radius 2 is 1.90 bits per heavy atom. The van der Waals surface area contributed by atoms with Crippen LogP contribution in [0.4, 0.5) is 5.69 Å². The first-order valence-corrected chi connectivity index (χ1v) is 9.53. The highest BCUT2D eigenvalue weighted by atomic mass is 16.5. The first kappa shape index (κ1) is 20.4. The maximum atomic E-state index is 12.3. The highest BCUT2D eigenvalue weighted by Gasteiger charge is 2.25. The van der Waals surface area contributed by atoms with Gasteiger partial charge in [0, 0.05) is 6.54 Å². The molecule has 0 spiro atoms. The van der Waals surface area contributed by atoms with Crippen molar-refractivity contribution in [1.29, 1.82) is 0 Å². The van der Waals surface area contributed by atoms with Gasteiger partial charge in [-0.1, -0.05) is 36.4 Å². The van der Waals surface area contributed by atoms with E-state index in [0.717, 1.165) is 5.56 Å². The minimum atomic E-state index is -0.649. The molecule has 0 unspecified atom stereocenters. The fourth-order valence-corrected chi connectivity index (χ4v) is 3.09. The highest BCUT2D eigenvalue weighted by Crippen LogP contribution is 2.30. The van der Waals surface area contributed by atoms with E-state index in [1.165, 1.54) is 10.5 Å². The molecule has 1 N–H and O–H groups in total. The quantitative estimate of drug-likeness (QED) is 0.724. The topological polar surface area (TPSA) is 84.9 Å². The van der Waals surface area contributed by atoms with Gasteiger partial charge in [-0.15, -0.1) is 0 Å². The van der Waals surface area contributed by atoms with Crippen LogP contribution in [-0.4, -0.2) is 44.1 Å². The molecule has 1 heterocycles. The molecule has 7 heteroatoms. The maximum absolute atomic E-state index is 12.3. The van der Waals surface area contributed by atoms with Gasteiger partial charge < -0.3 is 14.8 Å². The molecule has 2 amide bonds. The molecule has 2 aromatic rings. The predicted molar refractivity (Wildman–Crippen MR) is 108 cm³/mol. The van der Waals surface area contributed by atoms with Gasteiger partial charge in [0.15, 0.2) is 6.61 Å². The van der Waals surface area contributed by atoms with Gasteiger partial charge in [0.05, 0.1) is 18.7 Å². The molecule has 2 aromatic carbocycles. The summed E-state index contributed by atoms with van der Waals surface area (Å²) in [5, 5.41) is 2.74. The van der Waals surface area contributed by atoms with E-state index in [2.05, 4.69) is 5.32 Å². The summed E-state index contributed by atoms with van der Waals surface area (Å²) in [6, 6.07) is 15.0. The fraction of sp³-hybridized carbons (Fsp3) is 0.318. The second-order valence-corrected chi connectivity index (χ2v) is 6.73. The molecule has 0 aliphatic carbocycles. The summed E-state index contributed by atoms with van der Waals surface area (Å²) >= 11 is 0. The van der Waals surface area contributed by atoms with Crippen molar-refractivity contribution in [2.45, 2.75) is 19.8 Å². The summed E-state index contributed by atoms with van der Waals surface area (Å²) in [6.45, 7) is 2.08. The van der Waals surface area contributed by atoms with E-state index in [-0.39, 0.29) is 38.0 Å². The fourth-order valence-electron chi connectivity index (χ4n) is 3.09. The molecule has 0 aromatic heterocycles. The first-order valence-electron chi connectivity index (χ1n) is 9.53. The molecule has 0 saturated heterocycles. The van der Waals surface area contributed by atoms with Gasteiger partial charge in [0.1, 0.15) is 12.3 Å². The molecule has 0 fully saturated rings. The number of rotatable bonds is 7. The number of esters is 1. The number of ether oxygens (including phenoxy) is 2. The van der Waals surface area contributed by atoms with Crippen LogP contribution in [0.3, 0.4) is 0 Å². The Labute approximate surface area is 169 Å². The number of nitrogens with zero attached hydrogens (tertiary/aromatic N) is 1. The molecular weight excluding hydrogens is 372 g/mol. The van der Waals surface area contributed by atoms with Crippen LogP contribution in [0.15, 0.2) is 48.5 Å². The van der Waals surface area contributed by atoms with Crippen molar-refractivity contribution in [1.82, 2.24) is 5.32 Å². The molecule has 3 rings (SSSR count). The van der Waals surface area contributed by atoms with Gasteiger partial charge in [0.2, 0.25) is 5.91 Å². The SMILES string of the molecule is Cc1ccccc1CCNC(=O)COC(=O)CN1C(=O)CCOc2ccccc21. The van der Waals surface area contributed by atoms with Crippen LogP contribution >= 0.6 is 0 Å². The van der Waals surface area contributed by atoms with Crippen molar-refractivity contribution in [2.75, 3.05) is 31.2 Å². The molecule has 7 nitrogen and oxygen atoms in total. The van der Waals surface area contributed by atoms with Crippen LogP contribution in [-0.2, 0) is 25.5 Å². The number of hydrogen-bond donors (Lipinski definition) is 1. The standard InChI is InChI=1S/C22H24N2O5/c1-16-6-2-3-7-17(16)10-12-23-20(25)15-29-22(27)14-24-18-8-4-5-9-19(18)28-13-11-21(24)26/h2-9H,10-15H2,1H3,(H,23,25). The third-order valence-electron chi connectivity index (χ3n) is 4.66. The number of benzene rings is 2. The molecule has 0 atom stereocenters. The van der Waals surface area contributed by atoms with Gasteiger partial charge in [0.25, 0.3) is 5.91 Å². The van der Waals surface area contributed by atoms with E-state index in [1.807, 2.05) is 31.2 Å². The third kappa shape index (κ3) is 5.57. The van der Waals surface area contributed by atoms with E-state index in [1.54, 1.807) is 24.3 Å². The van der Waals surface area contributed by atoms with Crippen molar-refractivity contribution in [2.24, 2.45) is 0 Å². The number of aryl methyl sites for hydroxylation is 1. The van der Waals surface area contributed by atoms with Crippen LogP contribution in [0.5, 0.6) is 5.75 Å². The van der Waals surface area contributed by atoms with Crippen LogP contribution in [0.25, 0.3) is 0 Å². The second-order valence-electron chi connectivity index (χ2n) is 6.73. The number of fused-ring (bicyclic) bond motifs is 1. The van der Waals surface area contributed by atoms with Gasteiger partial charge >= 0.3 is 5.97 Å². The zero-order valence-electron chi connectivity index (χ0n) is 16.3. The van der Waals surface area contributed by atoms with E-state index < -0.39 is 5.97 Å². The predicted octanol–water partition coefficient (Wildman–Crippen LogP) is 2.01. The lowest BCUT2D eigenvalue weighted by Gasteiger charge is -2.20. The molecule has 1 aliphatic rings. The third-order valence-corrected chi connectivity index (χ3v) is 4.66. The van der Waals surface area contributed by atoms with Gasteiger partial charge in [-0.25, -0.2) is 0 Å². The smallest absolute Gasteiger partial charge is 0.326 e. The Hall–Kier alpha value is -3.35. The largest absolute Gasteiger partial charge is 0.491 e. The lowest BCUT2D eigenvalue weighted by Crippen LogP contribution is -2.37. The molecule has 0 saturated carbocycles. The molecular formula is C22H24N2O5. The van der Waals surface area contributed by atoms with E-state index in [9.17, 15) is 14.4 Å². The number of amides is 2. The van der Waals surface area contributed by atoms with Gasteiger partial charge in [-0.05, 0) is 36.6 Å². The Bertz CT molecular complexity index is 896. The summed E-state index contributed by atoms with van der Waals surface area (Å²) in [4.78, 5) is 37.8. The minimum Gasteiger partial charge on any atom is -0.491 e. The van der Waals surface area contributed by atoms with Crippen molar-refractivity contribution in [3.8, 4) is 5.75 Å². The molecule has 29 heavy (non-hydrogen) atoms. The van der Waals surface area contributed by atoms with Crippen molar-refractivity contribution < 1.29 is 23.9 Å². The average Bonchev–Trinajstić information content (AvgIpc) is 2.87. The average molecular weight is 396 g/mol. The van der Waals surface area contributed by atoms with Crippen molar-refractivity contribution in [3.05, 3.63) is 59.7 Å². The van der Waals surface area contributed by atoms with Crippen LogP contribution in [0.2, 0.25) is 0 Å². The zero-order chi connectivity index (χ0) is 20.6. The van der Waals surface area contributed by atoms with Crippen molar-refractivity contribution >= 4 is 23.5 Å². The summed E-state index contributed by atoms with van der Waals surface area (Å²) in [5.41, 5.74) is 2.85. The van der Waals surface area contributed by atoms with E-state index in [0.29, 0.717) is 24.4 Å². The number of carbonyl (C=O) groups excluding carboxylic acids is 3. The molecule has 0 radical (unpaired) electrons. The highest BCUT2D eigenvalue weighted by molar-refractivity contribution is 5.99. The molecule has 0 bridgehead atoms. The normalized spacial score (nSPS) is 13.1. The second kappa shape index (κ2) is 9.73. The number of anilines is 1. The first-order chi connectivity index (χ1) is 14.0. The monoisotopic (exact) mass is 396 g/mol. The lowest BCUT2D eigenvalue weighted by molar-refractivity contribution is -0.147. The molecule has 1 aliphatic heterocycles. The Morgan fingerprint density at radius 1 is 1.14 bits per heavy atom. The summed E-state index contributed by atoms with van der Waals surface area (Å²) in [7, 11) is 0. The van der Waals surface area contributed by atoms with Crippen LogP contribution in [0, 0.1) is 6.92 Å². The Morgan fingerprint density at radius 3 is 2.72 bits per heavy atom. The maximum Gasteiger partial charge on any atom is 0.326 e. The Balaban J connectivity index is 1.46. The summed E-state index contributed by atoms with van der Waals surface area (Å²) < 4.78 is 10.6. The van der Waals surface area contributed by atoms with E-state index >= 15 is 0 Å². The zero-order valence-corrected chi connectivity index (χ0v) is 16.3. The molecule has 152 valence electrons. The summed E-state index contributed by atoms with van der Waals surface area (Å²) in [5.74, 6) is -0.711. The minimum absolute atomic E-state index is 0.168. The Kier molecular flexibility index (Phi) is 6.84. The number of hydrogen-bond acceptors (Lipinski definition) is 5. The van der Waals surface area contributed by atoms with E-state index in [4.69, 9.17) is 9.47 Å². The number of carbonyl (C=O) groups is 3. The van der Waals surface area contributed by atoms with Crippen LogP contribution < -0.4 is 15.0 Å². The number of nitrogens with one attached hydrogen (secondary N) is 1. The lowest BCUT2D eigenvalue weighted by atomic mass is 10.1. The van der Waals surface area contributed by atoms with Crippen molar-refractivity contribution in [3.63, 3.8) is 0 Å². The number of para-hydroxylation sites is 2. The van der Waals surface area contributed by atoms with Gasteiger partial charge in [-0.2, -0.15) is 0 Å². The van der Waals surface area contributed by atoms with Gasteiger partial charge in [-0.3, -0.25) is 19.3 Å².